The minimum atomic E-state index is -0.544. The van der Waals surface area contributed by atoms with Gasteiger partial charge in [0.1, 0.15) is 11.8 Å². The van der Waals surface area contributed by atoms with E-state index in [1.165, 1.54) is 0 Å². The first-order valence-electron chi connectivity index (χ1n) is 11.3. The Morgan fingerprint density at radius 2 is 1.69 bits per heavy atom. The van der Waals surface area contributed by atoms with Crippen molar-refractivity contribution in [3.63, 3.8) is 0 Å². The van der Waals surface area contributed by atoms with Crippen LogP contribution in [0, 0.1) is 13.8 Å². The van der Waals surface area contributed by atoms with Gasteiger partial charge in [0.05, 0.1) is 0 Å². The molecule has 2 aromatic carbocycles. The van der Waals surface area contributed by atoms with E-state index in [-0.39, 0.29) is 24.5 Å². The van der Waals surface area contributed by atoms with E-state index in [9.17, 15) is 9.59 Å². The average molecular weight is 459 g/mol. The molecule has 0 spiro atoms. The van der Waals surface area contributed by atoms with Gasteiger partial charge in [-0.3, -0.25) is 9.59 Å². The molecule has 2 rings (SSSR count). The fourth-order valence-corrected chi connectivity index (χ4v) is 3.66. The minimum absolute atomic E-state index is 0.0545. The topological polar surface area (TPSA) is 58.6 Å². The molecule has 0 saturated heterocycles. The number of rotatable bonds is 11. The number of carbonyl (C=O) groups is 2. The van der Waals surface area contributed by atoms with E-state index in [1.54, 1.807) is 4.90 Å². The molecule has 2 aromatic rings. The number of hydrogen-bond donors (Lipinski definition) is 1. The van der Waals surface area contributed by atoms with Crippen molar-refractivity contribution in [1.29, 1.82) is 0 Å². The smallest absolute Gasteiger partial charge is 0.261 e. The van der Waals surface area contributed by atoms with Crippen LogP contribution in [-0.4, -0.2) is 41.9 Å². The number of halogens is 1. The number of amides is 2. The van der Waals surface area contributed by atoms with E-state index in [0.717, 1.165) is 23.1 Å². The van der Waals surface area contributed by atoms with Crippen LogP contribution in [0.5, 0.6) is 5.75 Å². The van der Waals surface area contributed by atoms with Crippen molar-refractivity contribution >= 4 is 23.4 Å². The third-order valence-electron chi connectivity index (χ3n) is 5.64. The van der Waals surface area contributed by atoms with Gasteiger partial charge in [-0.1, -0.05) is 55.8 Å². The van der Waals surface area contributed by atoms with Gasteiger partial charge in [-0.25, -0.2) is 0 Å². The summed E-state index contributed by atoms with van der Waals surface area (Å²) in [6.45, 7) is 10.0. The van der Waals surface area contributed by atoms with E-state index in [0.29, 0.717) is 30.2 Å². The molecule has 0 bridgehead atoms. The van der Waals surface area contributed by atoms with E-state index >= 15 is 0 Å². The first-order valence-corrected chi connectivity index (χ1v) is 11.7. The van der Waals surface area contributed by atoms with Crippen molar-refractivity contribution in [3.05, 3.63) is 64.2 Å². The Labute approximate surface area is 197 Å². The number of hydrogen-bond acceptors (Lipinski definition) is 3. The highest BCUT2D eigenvalue weighted by atomic mass is 35.5. The summed E-state index contributed by atoms with van der Waals surface area (Å²) in [5, 5.41) is 3.72. The van der Waals surface area contributed by atoms with Crippen LogP contribution in [0.15, 0.2) is 42.5 Å². The Morgan fingerprint density at radius 1 is 1.06 bits per heavy atom. The highest BCUT2D eigenvalue weighted by Crippen LogP contribution is 2.26. The summed E-state index contributed by atoms with van der Waals surface area (Å²) < 4.78 is 5.81. The Balaban J connectivity index is 2.17. The van der Waals surface area contributed by atoms with Crippen LogP contribution >= 0.6 is 11.6 Å². The van der Waals surface area contributed by atoms with Crippen LogP contribution in [0.2, 0.25) is 5.02 Å². The first kappa shape index (κ1) is 25.7. The highest BCUT2D eigenvalue weighted by molar-refractivity contribution is 6.32. The third kappa shape index (κ3) is 7.27. The lowest BCUT2D eigenvalue weighted by Gasteiger charge is -2.31. The van der Waals surface area contributed by atoms with Gasteiger partial charge in [0.2, 0.25) is 5.91 Å². The minimum Gasteiger partial charge on any atom is -0.484 e. The fourth-order valence-electron chi connectivity index (χ4n) is 3.55. The summed E-state index contributed by atoms with van der Waals surface area (Å²) in [6.07, 6.45) is 2.03. The zero-order valence-corrected chi connectivity index (χ0v) is 20.5. The molecule has 0 fully saturated rings. The molecule has 2 atom stereocenters. The van der Waals surface area contributed by atoms with Crippen molar-refractivity contribution in [3.8, 4) is 5.75 Å². The number of benzene rings is 2. The Kier molecular flexibility index (Phi) is 10.0. The molecule has 32 heavy (non-hydrogen) atoms. The van der Waals surface area contributed by atoms with E-state index in [1.807, 2.05) is 77.1 Å². The molecule has 6 heteroatoms. The average Bonchev–Trinajstić information content (AvgIpc) is 2.78. The molecule has 0 aliphatic heterocycles. The molecule has 0 saturated carbocycles. The normalized spacial score (nSPS) is 12.7. The van der Waals surface area contributed by atoms with E-state index in [4.69, 9.17) is 16.3 Å². The van der Waals surface area contributed by atoms with E-state index in [2.05, 4.69) is 5.32 Å². The first-order chi connectivity index (χ1) is 15.3. The summed E-state index contributed by atoms with van der Waals surface area (Å²) in [7, 11) is 0. The summed E-state index contributed by atoms with van der Waals surface area (Å²) in [4.78, 5) is 27.8. The largest absolute Gasteiger partial charge is 0.484 e. The number of aryl methyl sites for hydroxylation is 2. The second-order valence-electron chi connectivity index (χ2n) is 8.22. The molecule has 5 nitrogen and oxygen atoms in total. The maximum atomic E-state index is 13.2. The lowest BCUT2D eigenvalue weighted by molar-refractivity contribution is -0.142. The van der Waals surface area contributed by atoms with Gasteiger partial charge in [0.15, 0.2) is 6.61 Å². The molecule has 2 amide bonds. The predicted octanol–water partition coefficient (Wildman–Crippen LogP) is 5.10. The van der Waals surface area contributed by atoms with Gasteiger partial charge >= 0.3 is 0 Å². The number of nitrogens with zero attached hydrogens (tertiary/aromatic N) is 1. The summed E-state index contributed by atoms with van der Waals surface area (Å²) in [5.74, 6) is 0.261. The van der Waals surface area contributed by atoms with Gasteiger partial charge in [0.25, 0.3) is 5.91 Å². The number of nitrogens with one attached hydrogen (secondary N) is 1. The highest BCUT2D eigenvalue weighted by Gasteiger charge is 2.29. The van der Waals surface area contributed by atoms with Crippen LogP contribution in [0.3, 0.4) is 0 Å². The van der Waals surface area contributed by atoms with Crippen LogP contribution in [0.25, 0.3) is 0 Å². The number of carbonyl (C=O) groups excluding carboxylic acids is 2. The molecule has 0 heterocycles. The van der Waals surface area contributed by atoms with Crippen LogP contribution in [0.1, 0.15) is 50.3 Å². The Morgan fingerprint density at radius 3 is 2.25 bits per heavy atom. The van der Waals surface area contributed by atoms with Crippen molar-refractivity contribution < 1.29 is 14.3 Å². The van der Waals surface area contributed by atoms with Gasteiger partial charge in [-0.05, 0) is 68.9 Å². The lowest BCUT2D eigenvalue weighted by Crippen LogP contribution is -2.52. The van der Waals surface area contributed by atoms with Crippen LogP contribution in [-0.2, 0) is 16.0 Å². The zero-order chi connectivity index (χ0) is 23.7. The maximum absolute atomic E-state index is 13.2. The molecule has 0 radical (unpaired) electrons. The molecule has 174 valence electrons. The summed E-state index contributed by atoms with van der Waals surface area (Å²) >= 11 is 6.24. The maximum Gasteiger partial charge on any atom is 0.261 e. The molecular weight excluding hydrogens is 424 g/mol. The third-order valence-corrected chi connectivity index (χ3v) is 6.24. The van der Waals surface area contributed by atoms with Gasteiger partial charge < -0.3 is 15.0 Å². The SMILES string of the molecule is CC[C@@H](C)NC(=O)[C@@H](CC)N(CCc1ccccc1)C(=O)COc1cc(C)c(Cl)c(C)c1. The Bertz CT molecular complexity index is 878. The second kappa shape index (κ2) is 12.5. The zero-order valence-electron chi connectivity index (χ0n) is 19.8. The summed E-state index contributed by atoms with van der Waals surface area (Å²) in [6, 6.07) is 13.1. The van der Waals surface area contributed by atoms with Crippen LogP contribution < -0.4 is 10.1 Å². The van der Waals surface area contributed by atoms with Gasteiger partial charge in [-0.2, -0.15) is 0 Å². The quantitative estimate of drug-likeness (QED) is 0.509. The molecule has 1 N–H and O–H groups in total. The monoisotopic (exact) mass is 458 g/mol. The van der Waals surface area contributed by atoms with Crippen molar-refractivity contribution in [2.75, 3.05) is 13.2 Å². The summed E-state index contributed by atoms with van der Waals surface area (Å²) in [5.41, 5.74) is 2.91. The number of ether oxygens (including phenoxy) is 1. The van der Waals surface area contributed by atoms with Crippen LogP contribution in [0.4, 0.5) is 0 Å². The Hall–Kier alpha value is -2.53. The molecule has 0 aliphatic carbocycles. The van der Waals surface area contributed by atoms with Crippen molar-refractivity contribution in [2.45, 2.75) is 66.0 Å². The van der Waals surface area contributed by atoms with Crippen molar-refractivity contribution in [2.24, 2.45) is 0 Å². The fraction of sp³-hybridized carbons (Fsp3) is 0.462. The van der Waals surface area contributed by atoms with Gasteiger partial charge in [-0.15, -0.1) is 0 Å². The second-order valence-corrected chi connectivity index (χ2v) is 8.60. The molecule has 0 aliphatic rings. The van der Waals surface area contributed by atoms with E-state index < -0.39 is 6.04 Å². The predicted molar refractivity (Wildman–Crippen MR) is 130 cm³/mol. The molecule has 0 unspecified atom stereocenters. The molecule has 0 aromatic heterocycles. The van der Waals surface area contributed by atoms with Gasteiger partial charge in [0, 0.05) is 17.6 Å². The molecular formula is C26H35ClN2O3. The lowest BCUT2D eigenvalue weighted by atomic mass is 10.1. The van der Waals surface area contributed by atoms with Crippen molar-refractivity contribution in [1.82, 2.24) is 10.2 Å². The standard InChI is InChI=1S/C26H35ClN2O3/c1-6-20(5)28-26(31)23(7-2)29(14-13-21-11-9-8-10-12-21)24(30)17-32-22-15-18(3)25(27)19(4)16-22/h8-12,15-16,20,23H,6-7,13-14,17H2,1-5H3,(H,28,31)/t20-,23-/m1/s1.